The lowest BCUT2D eigenvalue weighted by molar-refractivity contribution is -0.138. The van der Waals surface area contributed by atoms with Crippen molar-refractivity contribution < 1.29 is 22.7 Å². The summed E-state index contributed by atoms with van der Waals surface area (Å²) in [6.07, 6.45) is -4.57. The minimum atomic E-state index is -4.71. The van der Waals surface area contributed by atoms with Gasteiger partial charge in [0.1, 0.15) is 5.56 Å². The van der Waals surface area contributed by atoms with Crippen LogP contribution in [0.4, 0.5) is 18.0 Å². The van der Waals surface area contributed by atoms with Gasteiger partial charge in [0.2, 0.25) is 0 Å². The van der Waals surface area contributed by atoms with Gasteiger partial charge in [0, 0.05) is 12.6 Å². The first-order valence-corrected chi connectivity index (χ1v) is 4.51. The summed E-state index contributed by atoms with van der Waals surface area (Å²) in [5.74, 6) is 0. The third-order valence-electron chi connectivity index (χ3n) is 1.90. The van der Waals surface area contributed by atoms with Crippen molar-refractivity contribution in [2.45, 2.75) is 12.6 Å². The molecule has 1 amide bonds. The lowest BCUT2D eigenvalue weighted by Crippen LogP contribution is -2.22. The van der Waals surface area contributed by atoms with Crippen LogP contribution in [0.25, 0.3) is 0 Å². The number of carbonyl (C=O) groups excluding carboxylic acids is 1. The lowest BCUT2D eigenvalue weighted by atomic mass is 10.1. The maximum atomic E-state index is 12.4. The van der Waals surface area contributed by atoms with E-state index in [-0.39, 0.29) is 18.6 Å². The van der Waals surface area contributed by atoms with Crippen LogP contribution in [0.1, 0.15) is 11.1 Å². The molecule has 8 heteroatoms. The highest BCUT2D eigenvalue weighted by Gasteiger charge is 2.33. The summed E-state index contributed by atoms with van der Waals surface area (Å²) in [5, 5.41) is 0. The van der Waals surface area contributed by atoms with Gasteiger partial charge >= 0.3 is 12.3 Å². The largest absolute Gasteiger partial charge is 0.449 e. The van der Waals surface area contributed by atoms with E-state index in [9.17, 15) is 22.8 Å². The highest BCUT2D eigenvalue weighted by molar-refractivity contribution is 5.64. The first-order chi connectivity index (χ1) is 7.80. The molecule has 0 bridgehead atoms. The van der Waals surface area contributed by atoms with Crippen LogP contribution in [0.3, 0.4) is 0 Å². The Hall–Kier alpha value is -1.99. The first-order valence-electron chi connectivity index (χ1n) is 4.51. The zero-order valence-corrected chi connectivity index (χ0v) is 8.50. The molecule has 0 saturated carbocycles. The molecule has 0 aromatic carbocycles. The third-order valence-corrected chi connectivity index (χ3v) is 1.90. The van der Waals surface area contributed by atoms with E-state index in [2.05, 4.69) is 10.5 Å². The van der Waals surface area contributed by atoms with Crippen molar-refractivity contribution in [2.24, 2.45) is 5.73 Å². The summed E-state index contributed by atoms with van der Waals surface area (Å²) in [6.45, 7) is -0.154. The predicted octanol–water partition coefficient (Wildman–Crippen LogP) is 1.03. The Bertz CT molecular complexity index is 467. The average Bonchev–Trinajstić information content (AvgIpc) is 2.18. The molecule has 1 heterocycles. The number of nitrogens with one attached hydrogen (secondary N) is 1. The average molecular weight is 250 g/mol. The Kier molecular flexibility index (Phi) is 3.77. The van der Waals surface area contributed by atoms with Crippen molar-refractivity contribution in [3.8, 4) is 0 Å². The molecule has 3 N–H and O–H groups in total. The van der Waals surface area contributed by atoms with Crippen LogP contribution in [0.5, 0.6) is 0 Å². The van der Waals surface area contributed by atoms with Crippen LogP contribution in [0.2, 0.25) is 0 Å². The second-order valence-corrected chi connectivity index (χ2v) is 3.17. The fourth-order valence-corrected chi connectivity index (χ4v) is 1.15. The zero-order valence-electron chi connectivity index (χ0n) is 8.50. The zero-order chi connectivity index (χ0) is 13.1. The van der Waals surface area contributed by atoms with Crippen molar-refractivity contribution in [3.63, 3.8) is 0 Å². The number of hydrogen-bond acceptors (Lipinski definition) is 3. The van der Waals surface area contributed by atoms with E-state index in [1.54, 1.807) is 0 Å². The van der Waals surface area contributed by atoms with Gasteiger partial charge < -0.3 is 15.5 Å². The smallest absolute Gasteiger partial charge is 0.421 e. The molecule has 5 nitrogen and oxygen atoms in total. The van der Waals surface area contributed by atoms with Gasteiger partial charge in [0.25, 0.3) is 5.56 Å². The van der Waals surface area contributed by atoms with Gasteiger partial charge in [-0.3, -0.25) is 4.79 Å². The molecule has 0 spiro atoms. The number of aromatic amines is 1. The van der Waals surface area contributed by atoms with E-state index < -0.39 is 23.4 Å². The fraction of sp³-hybridized carbons (Fsp3) is 0.333. The van der Waals surface area contributed by atoms with E-state index in [0.717, 1.165) is 6.20 Å². The summed E-state index contributed by atoms with van der Waals surface area (Å²) in [7, 11) is 0. The molecular formula is C9H9F3N2O3. The summed E-state index contributed by atoms with van der Waals surface area (Å²) < 4.78 is 41.4. The van der Waals surface area contributed by atoms with E-state index in [1.807, 2.05) is 4.98 Å². The van der Waals surface area contributed by atoms with Gasteiger partial charge in [0.05, 0.1) is 6.61 Å². The molecule has 0 saturated heterocycles. The number of aromatic nitrogens is 1. The summed E-state index contributed by atoms with van der Waals surface area (Å²) in [5.41, 5.74) is 2.38. The highest BCUT2D eigenvalue weighted by Crippen LogP contribution is 2.26. The third kappa shape index (κ3) is 3.82. The van der Waals surface area contributed by atoms with Gasteiger partial charge in [-0.15, -0.1) is 0 Å². The van der Waals surface area contributed by atoms with Crippen LogP contribution >= 0.6 is 0 Å². The number of pyridine rings is 1. The number of ether oxygens (including phenoxy) is 1. The standard InChI is InChI=1S/C9H9F3N2O3/c10-9(11,12)6-3-5(4-14-7(6)15)1-2-17-8(13)16/h3-4H,1-2H2,(H2,13,16)(H,14,15). The molecule has 0 aliphatic carbocycles. The van der Waals surface area contributed by atoms with Crippen molar-refractivity contribution in [3.05, 3.63) is 33.7 Å². The fourth-order valence-electron chi connectivity index (χ4n) is 1.15. The summed E-state index contributed by atoms with van der Waals surface area (Å²) >= 11 is 0. The van der Waals surface area contributed by atoms with E-state index in [1.165, 1.54) is 0 Å². The van der Waals surface area contributed by atoms with Crippen LogP contribution in [0.15, 0.2) is 17.1 Å². The second kappa shape index (κ2) is 4.89. The Morgan fingerprint density at radius 1 is 1.47 bits per heavy atom. The monoisotopic (exact) mass is 250 g/mol. The van der Waals surface area contributed by atoms with Crippen LogP contribution in [-0.4, -0.2) is 17.7 Å². The quantitative estimate of drug-likeness (QED) is 0.840. The Balaban J connectivity index is 2.83. The number of alkyl halides is 3. The topological polar surface area (TPSA) is 85.2 Å². The van der Waals surface area contributed by atoms with Crippen LogP contribution < -0.4 is 11.3 Å². The Labute approximate surface area is 93.4 Å². The lowest BCUT2D eigenvalue weighted by Gasteiger charge is -2.07. The number of carbonyl (C=O) groups is 1. The van der Waals surface area contributed by atoms with Crippen molar-refractivity contribution >= 4 is 6.09 Å². The molecule has 0 aliphatic rings. The first kappa shape index (κ1) is 13.1. The molecule has 1 aromatic heterocycles. The number of halogens is 3. The SMILES string of the molecule is NC(=O)OCCc1c[nH]c(=O)c(C(F)(F)F)c1. The van der Waals surface area contributed by atoms with Crippen molar-refractivity contribution in [2.75, 3.05) is 6.61 Å². The number of nitrogens with two attached hydrogens (primary N) is 1. The summed E-state index contributed by atoms with van der Waals surface area (Å²) in [4.78, 5) is 23.1. The minimum absolute atomic E-state index is 0.0306. The van der Waals surface area contributed by atoms with Gasteiger partial charge in [-0.1, -0.05) is 0 Å². The molecule has 1 aromatic rings. The normalized spacial score (nSPS) is 11.2. The van der Waals surface area contributed by atoms with E-state index in [0.29, 0.717) is 6.07 Å². The second-order valence-electron chi connectivity index (χ2n) is 3.17. The van der Waals surface area contributed by atoms with Crippen LogP contribution in [-0.2, 0) is 17.3 Å². The molecular weight excluding hydrogens is 241 g/mol. The minimum Gasteiger partial charge on any atom is -0.449 e. The molecule has 0 radical (unpaired) electrons. The van der Waals surface area contributed by atoms with Crippen molar-refractivity contribution in [1.82, 2.24) is 4.98 Å². The molecule has 0 aliphatic heterocycles. The number of H-pyrrole nitrogens is 1. The number of rotatable bonds is 3. The van der Waals surface area contributed by atoms with E-state index >= 15 is 0 Å². The summed E-state index contributed by atoms with van der Waals surface area (Å²) in [6, 6.07) is 0.711. The Morgan fingerprint density at radius 2 is 2.12 bits per heavy atom. The van der Waals surface area contributed by atoms with Crippen molar-refractivity contribution in [1.29, 1.82) is 0 Å². The highest BCUT2D eigenvalue weighted by atomic mass is 19.4. The van der Waals surface area contributed by atoms with Gasteiger partial charge in [-0.2, -0.15) is 13.2 Å². The van der Waals surface area contributed by atoms with E-state index in [4.69, 9.17) is 0 Å². The molecule has 0 fully saturated rings. The maximum absolute atomic E-state index is 12.4. The van der Waals surface area contributed by atoms with Gasteiger partial charge in [-0.05, 0) is 11.6 Å². The predicted molar refractivity (Wildman–Crippen MR) is 51.3 cm³/mol. The number of hydrogen-bond donors (Lipinski definition) is 2. The Morgan fingerprint density at radius 3 is 2.65 bits per heavy atom. The van der Waals surface area contributed by atoms with Gasteiger partial charge in [-0.25, -0.2) is 4.79 Å². The van der Waals surface area contributed by atoms with Crippen LogP contribution in [0, 0.1) is 0 Å². The molecule has 17 heavy (non-hydrogen) atoms. The van der Waals surface area contributed by atoms with Gasteiger partial charge in [0.15, 0.2) is 0 Å². The molecule has 0 atom stereocenters. The molecule has 94 valence electrons. The number of amides is 1. The number of primary amides is 1. The molecule has 1 rings (SSSR count). The maximum Gasteiger partial charge on any atom is 0.421 e. The molecule has 0 unspecified atom stereocenters.